The number of hydrogen-bond acceptors (Lipinski definition) is 4. The molecule has 7 nitrogen and oxygen atoms in total. The maximum absolute atomic E-state index is 12.9. The highest BCUT2D eigenvalue weighted by molar-refractivity contribution is 5.97. The maximum Gasteiger partial charge on any atom is 0.338 e. The average Bonchev–Trinajstić information content (AvgIpc) is 2.73. The predicted octanol–water partition coefficient (Wildman–Crippen LogP) is 3.61. The summed E-state index contributed by atoms with van der Waals surface area (Å²) in [4.78, 5) is 36.5. The van der Waals surface area contributed by atoms with E-state index in [9.17, 15) is 18.8 Å². The number of esters is 1. The topological polar surface area (TPSA) is 96.5 Å². The van der Waals surface area contributed by atoms with E-state index in [0.29, 0.717) is 24.1 Å². The molecule has 0 aromatic heterocycles. The lowest BCUT2D eigenvalue weighted by Crippen LogP contribution is -2.47. The van der Waals surface area contributed by atoms with Gasteiger partial charge in [0.25, 0.3) is 0 Å². The van der Waals surface area contributed by atoms with E-state index in [0.717, 1.165) is 5.56 Å². The molecule has 1 atom stereocenters. The molecular weight excluding hydrogens is 389 g/mol. The van der Waals surface area contributed by atoms with E-state index in [1.54, 1.807) is 43.3 Å². The van der Waals surface area contributed by atoms with Gasteiger partial charge in [-0.05, 0) is 55.3 Å². The largest absolute Gasteiger partial charge is 0.462 e. The predicted molar refractivity (Wildman–Crippen MR) is 111 cm³/mol. The van der Waals surface area contributed by atoms with Gasteiger partial charge in [0, 0.05) is 12.2 Å². The average molecular weight is 415 g/mol. The first-order valence-corrected chi connectivity index (χ1v) is 9.79. The van der Waals surface area contributed by atoms with E-state index in [1.165, 1.54) is 12.1 Å². The molecule has 0 bridgehead atoms. The van der Waals surface area contributed by atoms with Crippen LogP contribution in [-0.4, -0.2) is 30.6 Å². The second kappa shape index (κ2) is 11.5. The second-order valence-electron chi connectivity index (χ2n) is 6.58. The number of rotatable bonds is 9. The molecular formula is C22H26FN3O4. The number of anilines is 1. The summed E-state index contributed by atoms with van der Waals surface area (Å²) in [6.45, 7) is 4.13. The van der Waals surface area contributed by atoms with Crippen LogP contribution in [0.2, 0.25) is 0 Å². The van der Waals surface area contributed by atoms with Gasteiger partial charge in [0.1, 0.15) is 11.9 Å². The van der Waals surface area contributed by atoms with Crippen molar-refractivity contribution in [2.45, 2.75) is 39.3 Å². The Hall–Kier alpha value is -3.42. The van der Waals surface area contributed by atoms with Gasteiger partial charge in [-0.15, -0.1) is 0 Å². The molecule has 0 aliphatic carbocycles. The Morgan fingerprint density at radius 2 is 1.67 bits per heavy atom. The van der Waals surface area contributed by atoms with Gasteiger partial charge in [0.2, 0.25) is 5.91 Å². The van der Waals surface area contributed by atoms with Crippen LogP contribution in [0, 0.1) is 5.82 Å². The molecule has 1 unspecified atom stereocenters. The Balaban J connectivity index is 1.90. The molecule has 160 valence electrons. The number of halogens is 1. The Morgan fingerprint density at radius 3 is 2.27 bits per heavy atom. The molecule has 0 fully saturated rings. The molecule has 0 aliphatic rings. The van der Waals surface area contributed by atoms with E-state index in [1.807, 2.05) is 6.92 Å². The standard InChI is InChI=1S/C22H26FN3O4/c1-3-5-19(26-22(29)24-14-15-6-10-17(23)11-7-15)20(27)25-18-12-8-16(9-13-18)21(28)30-4-2/h6-13,19H,3-5,14H2,1-2H3,(H,25,27)(H2,24,26,29). The lowest BCUT2D eigenvalue weighted by atomic mass is 10.1. The summed E-state index contributed by atoms with van der Waals surface area (Å²) in [5.74, 6) is -1.14. The molecule has 0 spiro atoms. The first-order valence-electron chi connectivity index (χ1n) is 9.79. The zero-order chi connectivity index (χ0) is 21.9. The van der Waals surface area contributed by atoms with Crippen molar-refractivity contribution < 1.29 is 23.5 Å². The van der Waals surface area contributed by atoms with Crippen molar-refractivity contribution in [3.05, 3.63) is 65.5 Å². The molecule has 8 heteroatoms. The summed E-state index contributed by atoms with van der Waals surface area (Å²) < 4.78 is 17.9. The highest BCUT2D eigenvalue weighted by Crippen LogP contribution is 2.12. The van der Waals surface area contributed by atoms with Crippen LogP contribution in [0.25, 0.3) is 0 Å². The highest BCUT2D eigenvalue weighted by Gasteiger charge is 2.20. The van der Waals surface area contributed by atoms with Crippen LogP contribution in [0.5, 0.6) is 0 Å². The van der Waals surface area contributed by atoms with Crippen molar-refractivity contribution in [3.8, 4) is 0 Å². The van der Waals surface area contributed by atoms with Gasteiger partial charge in [-0.3, -0.25) is 4.79 Å². The zero-order valence-corrected chi connectivity index (χ0v) is 17.0. The molecule has 0 saturated carbocycles. The summed E-state index contributed by atoms with van der Waals surface area (Å²) >= 11 is 0. The van der Waals surface area contributed by atoms with Crippen LogP contribution < -0.4 is 16.0 Å². The molecule has 0 heterocycles. The number of amides is 3. The molecule has 30 heavy (non-hydrogen) atoms. The van der Waals surface area contributed by atoms with Gasteiger partial charge in [-0.25, -0.2) is 14.0 Å². The summed E-state index contributed by atoms with van der Waals surface area (Å²) in [7, 11) is 0. The summed E-state index contributed by atoms with van der Waals surface area (Å²) in [5.41, 5.74) is 1.63. The lowest BCUT2D eigenvalue weighted by Gasteiger charge is -2.18. The van der Waals surface area contributed by atoms with Gasteiger partial charge < -0.3 is 20.7 Å². The van der Waals surface area contributed by atoms with E-state index < -0.39 is 18.0 Å². The van der Waals surface area contributed by atoms with Gasteiger partial charge in [-0.1, -0.05) is 25.5 Å². The minimum atomic E-state index is -0.729. The maximum atomic E-state index is 12.9. The SMILES string of the molecule is CCCC(NC(=O)NCc1ccc(F)cc1)C(=O)Nc1ccc(C(=O)OCC)cc1. The van der Waals surface area contributed by atoms with Crippen LogP contribution >= 0.6 is 0 Å². The third kappa shape index (κ3) is 7.20. The quantitative estimate of drug-likeness (QED) is 0.545. The first-order chi connectivity index (χ1) is 14.4. The molecule has 3 N–H and O–H groups in total. The van der Waals surface area contributed by atoms with Crippen molar-refractivity contribution in [1.82, 2.24) is 10.6 Å². The van der Waals surface area contributed by atoms with Crippen LogP contribution in [0.1, 0.15) is 42.6 Å². The third-order valence-electron chi connectivity index (χ3n) is 4.23. The molecule has 0 radical (unpaired) electrons. The molecule has 0 aliphatic heterocycles. The minimum absolute atomic E-state index is 0.210. The smallest absolute Gasteiger partial charge is 0.338 e. The van der Waals surface area contributed by atoms with Crippen molar-refractivity contribution in [3.63, 3.8) is 0 Å². The van der Waals surface area contributed by atoms with Crippen molar-refractivity contribution in [1.29, 1.82) is 0 Å². The molecule has 2 aromatic rings. The summed E-state index contributed by atoms with van der Waals surface area (Å²) in [6.07, 6.45) is 1.15. The lowest BCUT2D eigenvalue weighted by molar-refractivity contribution is -0.118. The summed E-state index contributed by atoms with van der Waals surface area (Å²) in [6, 6.07) is 10.9. The molecule has 2 aromatic carbocycles. The van der Waals surface area contributed by atoms with Crippen molar-refractivity contribution >= 4 is 23.6 Å². The molecule has 2 rings (SSSR count). The number of ether oxygens (including phenoxy) is 1. The Labute approximate surface area is 175 Å². The second-order valence-corrected chi connectivity index (χ2v) is 6.58. The fourth-order valence-corrected chi connectivity index (χ4v) is 2.68. The number of benzene rings is 2. The van der Waals surface area contributed by atoms with E-state index in [-0.39, 0.29) is 24.9 Å². The van der Waals surface area contributed by atoms with Gasteiger partial charge in [0.05, 0.1) is 12.2 Å². The molecule has 0 saturated heterocycles. The number of carbonyl (C=O) groups excluding carboxylic acids is 3. The monoisotopic (exact) mass is 415 g/mol. The van der Waals surface area contributed by atoms with Crippen LogP contribution in [0.3, 0.4) is 0 Å². The van der Waals surface area contributed by atoms with Crippen LogP contribution in [0.15, 0.2) is 48.5 Å². The Kier molecular flexibility index (Phi) is 8.80. The van der Waals surface area contributed by atoms with Crippen LogP contribution in [-0.2, 0) is 16.1 Å². The minimum Gasteiger partial charge on any atom is -0.462 e. The van der Waals surface area contributed by atoms with Gasteiger partial charge in [0.15, 0.2) is 0 Å². The third-order valence-corrected chi connectivity index (χ3v) is 4.23. The summed E-state index contributed by atoms with van der Waals surface area (Å²) in [5, 5.41) is 8.04. The number of carbonyl (C=O) groups is 3. The van der Waals surface area contributed by atoms with E-state index in [2.05, 4.69) is 16.0 Å². The first kappa shape index (κ1) is 22.9. The van der Waals surface area contributed by atoms with E-state index >= 15 is 0 Å². The number of urea groups is 1. The zero-order valence-electron chi connectivity index (χ0n) is 17.0. The van der Waals surface area contributed by atoms with Crippen molar-refractivity contribution in [2.24, 2.45) is 0 Å². The fourth-order valence-electron chi connectivity index (χ4n) is 2.68. The highest BCUT2D eigenvalue weighted by atomic mass is 19.1. The Morgan fingerprint density at radius 1 is 1.00 bits per heavy atom. The Bertz CT molecular complexity index is 854. The molecule has 3 amide bonds. The van der Waals surface area contributed by atoms with Crippen LogP contribution in [0.4, 0.5) is 14.9 Å². The fraction of sp³-hybridized carbons (Fsp3) is 0.318. The number of hydrogen-bond donors (Lipinski definition) is 3. The van der Waals surface area contributed by atoms with Crippen molar-refractivity contribution in [2.75, 3.05) is 11.9 Å². The number of nitrogens with one attached hydrogen (secondary N) is 3. The van der Waals surface area contributed by atoms with Gasteiger partial charge >= 0.3 is 12.0 Å². The van der Waals surface area contributed by atoms with Gasteiger partial charge in [-0.2, -0.15) is 0 Å². The van der Waals surface area contributed by atoms with E-state index in [4.69, 9.17) is 4.74 Å². The normalized spacial score (nSPS) is 11.3.